The number of hydrogen-bond acceptors (Lipinski definition) is 22. The number of aromatic carboxylic acids is 2. The van der Waals surface area contributed by atoms with Crippen LogP contribution in [0.1, 0.15) is 130 Å². The van der Waals surface area contributed by atoms with Crippen LogP contribution >= 0.6 is 89.6 Å². The molecule has 12 heterocycles. The van der Waals surface area contributed by atoms with E-state index in [2.05, 4.69) is 92.4 Å². The fourth-order valence-corrected chi connectivity index (χ4v) is 15.3. The van der Waals surface area contributed by atoms with Crippen LogP contribution in [0.2, 0.25) is 0 Å². The largest absolute Gasteiger partial charge is 0.477 e. The number of Topliss-reactive ketones (excluding diaryl/α,β-unsaturated/α-hetero) is 2. The number of halogens is 6. The van der Waals surface area contributed by atoms with Gasteiger partial charge in [0.05, 0.1) is 72.9 Å². The second-order valence-electron chi connectivity index (χ2n) is 22.3. The molecule has 1 aliphatic carbocycles. The number of ketones is 2. The topological polar surface area (TPSA) is 339 Å². The summed E-state index contributed by atoms with van der Waals surface area (Å²) in [7, 11) is 6.59. The quantitative estimate of drug-likeness (QED) is 0.0735. The molecule has 2 unspecified atom stereocenters. The minimum atomic E-state index is -2.63. The van der Waals surface area contributed by atoms with Crippen molar-refractivity contribution < 1.29 is 47.7 Å². The van der Waals surface area contributed by atoms with Gasteiger partial charge in [-0.25, -0.2) is 62.0 Å². The number of carbonyl (C=O) groups excluding carboxylic acids is 2. The molecule has 2 atom stereocenters. The molecule has 0 amide bonds. The van der Waals surface area contributed by atoms with Crippen molar-refractivity contribution in [1.82, 2.24) is 88.6 Å². The molecule has 10 aromatic heterocycles. The van der Waals surface area contributed by atoms with Crippen LogP contribution in [0.25, 0.3) is 54.4 Å². The minimum absolute atomic E-state index is 0. The van der Waals surface area contributed by atoms with E-state index in [9.17, 15) is 37.5 Å². The number of nitrogens with zero attached hydrogens (tertiary/aromatic N) is 18. The summed E-state index contributed by atoms with van der Waals surface area (Å²) in [6.45, 7) is 8.68. The van der Waals surface area contributed by atoms with E-state index >= 15 is 0 Å². The van der Waals surface area contributed by atoms with Crippen LogP contribution in [0.5, 0.6) is 0 Å². The van der Waals surface area contributed by atoms with Gasteiger partial charge in [0.15, 0.2) is 23.0 Å². The lowest BCUT2D eigenvalue weighted by Crippen LogP contribution is -2.31. The first-order valence-electron chi connectivity index (χ1n) is 29.3. The number of aliphatic hydroxyl groups excluding tert-OH is 1. The Hall–Kier alpha value is -7.90. The van der Waals surface area contributed by atoms with Crippen LogP contribution in [0, 0.1) is 39.4 Å². The highest BCUT2D eigenvalue weighted by Gasteiger charge is 2.32. The maximum absolute atomic E-state index is 13.1. The van der Waals surface area contributed by atoms with Crippen molar-refractivity contribution in [3.63, 3.8) is 0 Å². The Morgan fingerprint density at radius 3 is 1.80 bits per heavy atom. The van der Waals surface area contributed by atoms with Gasteiger partial charge in [-0.15, -0.1) is 62.9 Å². The number of aromatic nitrogens is 18. The number of rotatable bonds is 14. The van der Waals surface area contributed by atoms with Crippen molar-refractivity contribution in [1.29, 1.82) is 0 Å². The number of aliphatic hydroxyl groups is 1. The Morgan fingerprint density at radius 2 is 1.23 bits per heavy atom. The zero-order chi connectivity index (χ0) is 68.3. The molecule has 1 saturated carbocycles. The fourth-order valence-electron chi connectivity index (χ4n) is 10.6. The first-order valence-corrected chi connectivity index (χ1v) is 34.2. The van der Waals surface area contributed by atoms with E-state index in [1.165, 1.54) is 71.5 Å². The van der Waals surface area contributed by atoms with Gasteiger partial charge in [-0.2, -0.15) is 25.5 Å². The normalized spacial score (nSPS) is 14.6. The number of fused-ring (bicyclic) bond motifs is 2. The highest BCUT2D eigenvalue weighted by molar-refractivity contribution is 9.11. The van der Waals surface area contributed by atoms with Gasteiger partial charge >= 0.3 is 11.9 Å². The third-order valence-electron chi connectivity index (χ3n) is 15.4. The van der Waals surface area contributed by atoms with Crippen molar-refractivity contribution in [2.75, 3.05) is 6.61 Å². The molecule has 11 aromatic rings. The number of carboxylic acids is 2. The average Bonchev–Trinajstić information content (AvgIpc) is 1.65. The number of thiazole rings is 4. The zero-order valence-electron chi connectivity index (χ0n) is 52.6. The molecule has 0 spiro atoms. The van der Waals surface area contributed by atoms with Crippen molar-refractivity contribution in [2.45, 2.75) is 104 Å². The molecular formula is C60H63Br2ClF3N19O7S4. The minimum Gasteiger partial charge on any atom is -0.477 e. The lowest BCUT2D eigenvalue weighted by atomic mass is 9.91. The second-order valence-corrected chi connectivity index (χ2v) is 28.6. The summed E-state index contributed by atoms with van der Waals surface area (Å²) in [5.74, 6) is 0.463. The Balaban J connectivity index is 0.000000143. The monoisotopic (exact) mass is 1540 g/mol. The van der Waals surface area contributed by atoms with Crippen LogP contribution in [0.15, 0.2) is 63.0 Å². The Morgan fingerprint density at radius 1 is 0.667 bits per heavy atom. The number of carboxylic acid groups (broad SMARTS) is 2. The maximum atomic E-state index is 13.1. The van der Waals surface area contributed by atoms with Crippen molar-refractivity contribution >= 4 is 113 Å². The van der Waals surface area contributed by atoms with E-state index in [0.29, 0.717) is 85.8 Å². The number of carbonyl (C=O) groups is 4. The number of aryl methyl sites for hydroxylation is 10. The second kappa shape index (κ2) is 31.1. The van der Waals surface area contributed by atoms with Gasteiger partial charge in [0.1, 0.15) is 56.2 Å². The molecule has 506 valence electrons. The number of nitrogens with two attached hydrogens (primary N) is 1. The predicted octanol–water partition coefficient (Wildman–Crippen LogP) is 11.5. The van der Waals surface area contributed by atoms with Crippen molar-refractivity contribution in [2.24, 2.45) is 39.8 Å². The lowest BCUT2D eigenvalue weighted by Gasteiger charge is -2.21. The molecule has 1 aromatic carbocycles. The van der Waals surface area contributed by atoms with E-state index in [1.54, 1.807) is 75.5 Å². The molecule has 14 rings (SSSR count). The van der Waals surface area contributed by atoms with E-state index in [-0.39, 0.29) is 58.8 Å². The molecule has 96 heavy (non-hydrogen) atoms. The van der Waals surface area contributed by atoms with Crippen LogP contribution in [0.3, 0.4) is 0 Å². The van der Waals surface area contributed by atoms with Gasteiger partial charge in [0.2, 0.25) is 10.5 Å². The molecule has 5 N–H and O–H groups in total. The molecular weight excluding hydrogens is 1480 g/mol. The summed E-state index contributed by atoms with van der Waals surface area (Å²) in [6, 6.07) is 6.49. The Labute approximate surface area is 585 Å². The van der Waals surface area contributed by atoms with Gasteiger partial charge in [-0.1, -0.05) is 12.1 Å². The number of hydrogen-bond donors (Lipinski definition) is 4. The lowest BCUT2D eigenvalue weighted by molar-refractivity contribution is 0.0675. The molecule has 0 radical (unpaired) electrons. The van der Waals surface area contributed by atoms with E-state index < -0.39 is 25.0 Å². The smallest absolute Gasteiger partial charge is 0.354 e. The third-order valence-corrected chi connectivity index (χ3v) is 20.9. The van der Waals surface area contributed by atoms with Crippen LogP contribution in [-0.2, 0) is 54.1 Å². The Kier molecular flexibility index (Phi) is 23.4. The van der Waals surface area contributed by atoms with Gasteiger partial charge in [-0.3, -0.25) is 28.3 Å². The summed E-state index contributed by atoms with van der Waals surface area (Å²) < 4.78 is 49.7. The van der Waals surface area contributed by atoms with E-state index in [0.717, 1.165) is 83.9 Å². The van der Waals surface area contributed by atoms with Crippen LogP contribution in [0.4, 0.5) is 13.2 Å². The van der Waals surface area contributed by atoms with Gasteiger partial charge in [0.25, 0.3) is 6.43 Å². The first kappa shape index (κ1) is 72.4. The SMILES string of the molecule is Cc1nc(-c2cnn(C)c2C(=O)CO)sc1Br.Cc1nc(-c2cnn(C)c2C(=O)O)c(C)s1.Cc1nc(-c2cnn(C)c2C(=O)O)sc1C1CC1.Cl.Cn1ncc(-c2nc(C(F)F)cs2)c1C(=O)CC1CCn2nc(Br)nc2C1.NC1CCn2nc(-c3cccc(F)c3)nc2C1. The molecule has 2 aliphatic heterocycles. The summed E-state index contributed by atoms with van der Waals surface area (Å²) in [5.41, 5.74) is 12.4. The van der Waals surface area contributed by atoms with Crippen LogP contribution < -0.4 is 5.73 Å². The number of benzene rings is 1. The summed E-state index contributed by atoms with van der Waals surface area (Å²) in [6.07, 6.45) is 9.53. The number of alkyl halides is 2. The average molecular weight is 1540 g/mol. The predicted molar refractivity (Wildman–Crippen MR) is 364 cm³/mol. The maximum Gasteiger partial charge on any atom is 0.354 e. The molecule has 26 nitrogen and oxygen atoms in total. The standard InChI is InChI=1S/C16H15BrF2N6OS.C12H13FN4.C12H13N3O2S.C10H10BrN3O2S.C10H11N3O2S.ClH/c1-24-13(9(6-20-24)15-21-10(7-27-15)14(18)19)11(26)4-8-2-3-25-12(5-8)22-16(17)23-25;13-9-3-1-2-8(6-9)12-15-11-7-10(14)4-5-17(11)16-12;1-6-10(7-3-4-7)18-11(14-6)8-5-13-15(2)9(8)12(16)17;1-5-9(11)17-10(13-5)6-3-12-14(2)8(6)7(16)4-15;1-5-8(12-6(2)16-5)7-4-11-13(3)9(7)10(14)15;/h6-8,14H,2-5H2,1H3;1-3,6,10H,4-5,7,14H2;5,7H,3-4H2,1-2H3,(H,16,17);3,15H,4H2,1-2H3;4H,1-3H3,(H,14,15);1H. The highest BCUT2D eigenvalue weighted by Crippen LogP contribution is 2.46. The van der Waals surface area contributed by atoms with Crippen molar-refractivity contribution in [3.8, 4) is 54.4 Å². The molecule has 1 fully saturated rings. The van der Waals surface area contributed by atoms with Gasteiger partial charge in [0, 0.05) is 87.3 Å². The highest BCUT2D eigenvalue weighted by atomic mass is 79.9. The first-order chi connectivity index (χ1) is 45.3. The molecule has 0 saturated heterocycles. The summed E-state index contributed by atoms with van der Waals surface area (Å²) in [4.78, 5) is 75.1. The van der Waals surface area contributed by atoms with E-state index in [4.69, 9.17) is 15.9 Å². The fraction of sp³-hybridized carbons (Fsp3) is 0.367. The Bertz CT molecular complexity index is 4620. The van der Waals surface area contributed by atoms with Crippen molar-refractivity contribution in [3.05, 3.63) is 135 Å². The zero-order valence-corrected chi connectivity index (χ0v) is 59.9. The summed E-state index contributed by atoms with van der Waals surface area (Å²) >= 11 is 12.4. The molecule has 36 heteroatoms. The molecule has 3 aliphatic rings. The van der Waals surface area contributed by atoms with E-state index in [1.807, 2.05) is 43.1 Å². The summed E-state index contributed by atoms with van der Waals surface area (Å²) in [5, 5.41) is 56.2. The van der Waals surface area contributed by atoms with Gasteiger partial charge in [-0.05, 0) is 109 Å². The van der Waals surface area contributed by atoms with Gasteiger partial charge < -0.3 is 21.1 Å². The van der Waals surface area contributed by atoms with Crippen LogP contribution in [-0.4, -0.2) is 140 Å². The third kappa shape index (κ3) is 16.6. The molecule has 0 bridgehead atoms.